The average Bonchev–Trinajstić information content (AvgIpc) is 2.93. The third kappa shape index (κ3) is 2.80. The van der Waals surface area contributed by atoms with Gasteiger partial charge in [0.05, 0.1) is 23.5 Å². The predicted molar refractivity (Wildman–Crippen MR) is 85.0 cm³/mol. The third-order valence-electron chi connectivity index (χ3n) is 3.09. The normalized spacial score (nSPS) is 10.8. The van der Waals surface area contributed by atoms with Crippen LogP contribution in [0.3, 0.4) is 0 Å². The second-order valence-electron chi connectivity index (χ2n) is 4.54. The molecule has 0 fully saturated rings. The number of pyridine rings is 1. The number of benzene rings is 1. The summed E-state index contributed by atoms with van der Waals surface area (Å²) < 4.78 is 5.75. The summed E-state index contributed by atoms with van der Waals surface area (Å²) in [5.74, 6) is 2.88. The van der Waals surface area contributed by atoms with Crippen molar-refractivity contribution < 1.29 is 4.42 Å². The standard InChI is InChI=1S/C16H16N2OS/c1-20-11-14-8-7-13(19-14)10-18-15-6-2-4-12-5-3-9-17-16(12)15/h2-9,18H,10-11H2,1H3. The first-order valence-corrected chi connectivity index (χ1v) is 7.90. The van der Waals surface area contributed by atoms with Crippen molar-refractivity contribution in [3.63, 3.8) is 0 Å². The highest BCUT2D eigenvalue weighted by Crippen LogP contribution is 2.22. The van der Waals surface area contributed by atoms with Gasteiger partial charge in [0.1, 0.15) is 11.5 Å². The molecule has 4 heteroatoms. The van der Waals surface area contributed by atoms with Crippen LogP contribution in [0.25, 0.3) is 10.9 Å². The summed E-state index contributed by atoms with van der Waals surface area (Å²) in [6.45, 7) is 0.671. The Labute approximate surface area is 122 Å². The van der Waals surface area contributed by atoms with Crippen molar-refractivity contribution in [3.8, 4) is 0 Å². The van der Waals surface area contributed by atoms with Gasteiger partial charge in [-0.2, -0.15) is 11.8 Å². The Hall–Kier alpha value is -1.94. The zero-order valence-electron chi connectivity index (χ0n) is 11.3. The summed E-state index contributed by atoms with van der Waals surface area (Å²) in [5.41, 5.74) is 2.02. The molecule has 0 saturated carbocycles. The lowest BCUT2D eigenvalue weighted by Gasteiger charge is -2.07. The van der Waals surface area contributed by atoms with E-state index in [0.717, 1.165) is 33.9 Å². The van der Waals surface area contributed by atoms with Crippen LogP contribution < -0.4 is 5.32 Å². The first-order chi connectivity index (χ1) is 9.86. The topological polar surface area (TPSA) is 38.1 Å². The van der Waals surface area contributed by atoms with Crippen molar-refractivity contribution in [3.05, 3.63) is 60.2 Å². The highest BCUT2D eigenvalue weighted by molar-refractivity contribution is 7.97. The quantitative estimate of drug-likeness (QED) is 0.758. The van der Waals surface area contributed by atoms with Crippen LogP contribution in [-0.4, -0.2) is 11.2 Å². The monoisotopic (exact) mass is 284 g/mol. The Kier molecular flexibility index (Phi) is 3.92. The number of nitrogens with one attached hydrogen (secondary N) is 1. The van der Waals surface area contributed by atoms with E-state index in [1.807, 2.05) is 36.5 Å². The van der Waals surface area contributed by atoms with Gasteiger partial charge in [0, 0.05) is 11.6 Å². The highest BCUT2D eigenvalue weighted by Gasteiger charge is 2.04. The Morgan fingerprint density at radius 2 is 1.95 bits per heavy atom. The molecule has 0 aliphatic carbocycles. The SMILES string of the molecule is CSCc1ccc(CNc2cccc3cccnc23)o1. The lowest BCUT2D eigenvalue weighted by Crippen LogP contribution is -1.99. The van der Waals surface area contributed by atoms with Crippen molar-refractivity contribution in [2.75, 3.05) is 11.6 Å². The molecule has 0 spiro atoms. The first kappa shape index (κ1) is 13.1. The molecule has 3 aromatic rings. The van der Waals surface area contributed by atoms with Crippen LogP contribution in [0.1, 0.15) is 11.5 Å². The van der Waals surface area contributed by atoms with E-state index < -0.39 is 0 Å². The summed E-state index contributed by atoms with van der Waals surface area (Å²) in [4.78, 5) is 4.43. The fourth-order valence-corrected chi connectivity index (χ4v) is 2.61. The van der Waals surface area contributed by atoms with Crippen LogP contribution in [0, 0.1) is 0 Å². The van der Waals surface area contributed by atoms with E-state index >= 15 is 0 Å². The molecule has 0 radical (unpaired) electrons. The maximum Gasteiger partial charge on any atom is 0.123 e. The number of furan rings is 1. The molecule has 0 aliphatic heterocycles. The van der Waals surface area contributed by atoms with Crippen LogP contribution in [0.5, 0.6) is 0 Å². The first-order valence-electron chi connectivity index (χ1n) is 6.51. The van der Waals surface area contributed by atoms with Gasteiger partial charge in [-0.05, 0) is 30.5 Å². The minimum absolute atomic E-state index is 0.671. The Balaban J connectivity index is 1.76. The second kappa shape index (κ2) is 6.01. The van der Waals surface area contributed by atoms with Crippen molar-refractivity contribution >= 4 is 28.4 Å². The molecule has 2 aromatic heterocycles. The van der Waals surface area contributed by atoms with Gasteiger partial charge in [-0.25, -0.2) is 0 Å². The number of para-hydroxylation sites is 1. The van der Waals surface area contributed by atoms with Crippen molar-refractivity contribution in [2.24, 2.45) is 0 Å². The number of fused-ring (bicyclic) bond motifs is 1. The summed E-state index contributed by atoms with van der Waals surface area (Å²) in [6.07, 6.45) is 3.89. The predicted octanol–water partition coefficient (Wildman–Crippen LogP) is 4.30. The molecule has 0 amide bonds. The van der Waals surface area contributed by atoms with Gasteiger partial charge >= 0.3 is 0 Å². The summed E-state index contributed by atoms with van der Waals surface area (Å²) in [5, 5.41) is 4.54. The van der Waals surface area contributed by atoms with Crippen molar-refractivity contribution in [2.45, 2.75) is 12.3 Å². The molecule has 2 heterocycles. The number of anilines is 1. The van der Waals surface area contributed by atoms with E-state index in [2.05, 4.69) is 28.7 Å². The summed E-state index contributed by atoms with van der Waals surface area (Å²) in [6, 6.07) is 14.2. The Morgan fingerprint density at radius 3 is 2.85 bits per heavy atom. The van der Waals surface area contributed by atoms with Gasteiger partial charge in [0.15, 0.2) is 0 Å². The van der Waals surface area contributed by atoms with Gasteiger partial charge in [-0.1, -0.05) is 18.2 Å². The molecule has 3 rings (SSSR count). The van der Waals surface area contributed by atoms with Crippen molar-refractivity contribution in [1.82, 2.24) is 4.98 Å². The van der Waals surface area contributed by atoms with Gasteiger partial charge in [0.25, 0.3) is 0 Å². The summed E-state index contributed by atoms with van der Waals surface area (Å²) in [7, 11) is 0. The molecule has 102 valence electrons. The molecule has 0 saturated heterocycles. The molecule has 0 bridgehead atoms. The highest BCUT2D eigenvalue weighted by atomic mass is 32.2. The van der Waals surface area contributed by atoms with Gasteiger partial charge < -0.3 is 9.73 Å². The molecular weight excluding hydrogens is 268 g/mol. The number of aromatic nitrogens is 1. The molecular formula is C16H16N2OS. The minimum atomic E-state index is 0.671. The largest absolute Gasteiger partial charge is 0.463 e. The lowest BCUT2D eigenvalue weighted by molar-refractivity contribution is 0.487. The molecule has 1 aromatic carbocycles. The average molecular weight is 284 g/mol. The molecule has 20 heavy (non-hydrogen) atoms. The number of thioether (sulfide) groups is 1. The lowest BCUT2D eigenvalue weighted by atomic mass is 10.2. The Bertz CT molecular complexity index is 703. The van der Waals surface area contributed by atoms with Crippen LogP contribution in [0.4, 0.5) is 5.69 Å². The van der Waals surface area contributed by atoms with E-state index in [1.165, 1.54) is 0 Å². The third-order valence-corrected chi connectivity index (χ3v) is 3.66. The molecule has 0 aliphatic rings. The number of hydrogen-bond acceptors (Lipinski definition) is 4. The van der Waals surface area contributed by atoms with E-state index in [4.69, 9.17) is 4.42 Å². The van der Waals surface area contributed by atoms with Gasteiger partial charge in [0.2, 0.25) is 0 Å². The smallest absolute Gasteiger partial charge is 0.123 e. The zero-order valence-corrected chi connectivity index (χ0v) is 12.1. The van der Waals surface area contributed by atoms with Crippen LogP contribution in [-0.2, 0) is 12.3 Å². The van der Waals surface area contributed by atoms with Crippen LogP contribution >= 0.6 is 11.8 Å². The zero-order chi connectivity index (χ0) is 13.8. The summed E-state index contributed by atoms with van der Waals surface area (Å²) >= 11 is 1.76. The second-order valence-corrected chi connectivity index (χ2v) is 5.40. The molecule has 0 unspecified atom stereocenters. The number of rotatable bonds is 5. The van der Waals surface area contributed by atoms with Crippen LogP contribution in [0.15, 0.2) is 53.1 Å². The fourth-order valence-electron chi connectivity index (χ4n) is 2.17. The van der Waals surface area contributed by atoms with E-state index in [1.54, 1.807) is 11.8 Å². The maximum absolute atomic E-state index is 5.75. The van der Waals surface area contributed by atoms with Gasteiger partial charge in [-0.3, -0.25) is 4.98 Å². The molecule has 1 N–H and O–H groups in total. The number of nitrogens with zero attached hydrogens (tertiary/aromatic N) is 1. The van der Waals surface area contributed by atoms with Crippen LogP contribution in [0.2, 0.25) is 0 Å². The van der Waals surface area contributed by atoms with Crippen molar-refractivity contribution in [1.29, 1.82) is 0 Å². The minimum Gasteiger partial charge on any atom is -0.463 e. The van der Waals surface area contributed by atoms with E-state index in [9.17, 15) is 0 Å². The van der Waals surface area contributed by atoms with E-state index in [0.29, 0.717) is 6.54 Å². The molecule has 3 nitrogen and oxygen atoms in total. The van der Waals surface area contributed by atoms with Gasteiger partial charge in [-0.15, -0.1) is 0 Å². The van der Waals surface area contributed by atoms with E-state index in [-0.39, 0.29) is 0 Å². The maximum atomic E-state index is 5.75. The number of hydrogen-bond donors (Lipinski definition) is 1. The fraction of sp³-hybridized carbons (Fsp3) is 0.188. The Morgan fingerprint density at radius 1 is 1.10 bits per heavy atom. The molecule has 0 atom stereocenters.